The zero-order chi connectivity index (χ0) is 21.9. The summed E-state index contributed by atoms with van der Waals surface area (Å²) >= 11 is 0. The van der Waals surface area contributed by atoms with Gasteiger partial charge in [0.1, 0.15) is 5.76 Å². The Labute approximate surface area is 174 Å². The van der Waals surface area contributed by atoms with Crippen molar-refractivity contribution in [3.05, 3.63) is 82.8 Å². The molecule has 0 bridgehead atoms. The molecule has 0 aliphatic rings. The van der Waals surface area contributed by atoms with Crippen LogP contribution in [0.4, 0.5) is 5.69 Å². The van der Waals surface area contributed by atoms with Gasteiger partial charge in [-0.05, 0) is 56.7 Å². The molecule has 0 unspecified atom stereocenters. The van der Waals surface area contributed by atoms with Crippen molar-refractivity contribution in [1.82, 2.24) is 10.9 Å². The molecule has 0 fully saturated rings. The van der Waals surface area contributed by atoms with Crippen LogP contribution in [0.3, 0.4) is 0 Å². The summed E-state index contributed by atoms with van der Waals surface area (Å²) in [5.41, 5.74) is 6.95. The number of furan rings is 1. The van der Waals surface area contributed by atoms with Crippen molar-refractivity contribution in [1.29, 1.82) is 0 Å². The first-order valence-corrected chi connectivity index (χ1v) is 10.5. The molecule has 0 saturated heterocycles. The van der Waals surface area contributed by atoms with Gasteiger partial charge in [-0.3, -0.25) is 25.2 Å². The van der Waals surface area contributed by atoms with Gasteiger partial charge < -0.3 is 4.42 Å². The molecular formula is C21H21N3O5S. The van der Waals surface area contributed by atoms with E-state index in [1.54, 1.807) is 38.1 Å². The molecule has 156 valence electrons. The third-order valence-corrected chi connectivity index (χ3v) is 5.84. The predicted molar refractivity (Wildman–Crippen MR) is 112 cm³/mol. The molecule has 8 nitrogen and oxygen atoms in total. The van der Waals surface area contributed by atoms with Crippen molar-refractivity contribution in [2.24, 2.45) is 0 Å². The number of sulfonamides is 1. The van der Waals surface area contributed by atoms with Gasteiger partial charge >= 0.3 is 0 Å². The predicted octanol–water partition coefficient (Wildman–Crippen LogP) is 3.08. The SMILES string of the molecule is Cc1ccc(NS(=O)(=O)c2ccc(C)c(C(=O)NNC(=O)c3ccoc3C)c2)cc1. The van der Waals surface area contributed by atoms with Crippen LogP contribution in [0.25, 0.3) is 0 Å². The number of hydrazine groups is 1. The van der Waals surface area contributed by atoms with Crippen LogP contribution in [-0.4, -0.2) is 20.2 Å². The third kappa shape index (κ3) is 4.69. The van der Waals surface area contributed by atoms with Gasteiger partial charge in [0.05, 0.1) is 16.7 Å². The summed E-state index contributed by atoms with van der Waals surface area (Å²) in [6.45, 7) is 5.19. The van der Waals surface area contributed by atoms with E-state index >= 15 is 0 Å². The van der Waals surface area contributed by atoms with Gasteiger partial charge in [-0.2, -0.15) is 0 Å². The molecule has 1 aromatic heterocycles. The largest absolute Gasteiger partial charge is 0.469 e. The zero-order valence-corrected chi connectivity index (χ0v) is 17.5. The highest BCUT2D eigenvalue weighted by Crippen LogP contribution is 2.20. The number of benzene rings is 2. The third-order valence-electron chi connectivity index (χ3n) is 4.46. The second-order valence-electron chi connectivity index (χ2n) is 6.75. The van der Waals surface area contributed by atoms with Crippen LogP contribution in [0.2, 0.25) is 0 Å². The molecular weight excluding hydrogens is 406 g/mol. The first-order valence-electron chi connectivity index (χ1n) is 9.02. The number of carbonyl (C=O) groups is 2. The summed E-state index contributed by atoms with van der Waals surface area (Å²) in [5.74, 6) is -0.778. The molecule has 2 amide bonds. The Balaban J connectivity index is 1.77. The molecule has 3 N–H and O–H groups in total. The van der Waals surface area contributed by atoms with Crippen LogP contribution in [-0.2, 0) is 10.0 Å². The minimum atomic E-state index is -3.90. The molecule has 2 aromatic carbocycles. The summed E-state index contributed by atoms with van der Waals surface area (Å²) in [6, 6.07) is 12.6. The molecule has 0 spiro atoms. The lowest BCUT2D eigenvalue weighted by Crippen LogP contribution is -2.42. The smallest absolute Gasteiger partial charge is 0.273 e. The number of aryl methyl sites for hydroxylation is 3. The summed E-state index contributed by atoms with van der Waals surface area (Å²) in [7, 11) is -3.90. The number of nitrogens with one attached hydrogen (secondary N) is 3. The lowest BCUT2D eigenvalue weighted by Gasteiger charge is -2.12. The minimum absolute atomic E-state index is 0.0733. The van der Waals surface area contributed by atoms with Crippen LogP contribution >= 0.6 is 0 Å². The van der Waals surface area contributed by atoms with E-state index < -0.39 is 21.8 Å². The van der Waals surface area contributed by atoms with Crippen LogP contribution in [0.1, 0.15) is 37.6 Å². The highest BCUT2D eigenvalue weighted by molar-refractivity contribution is 7.92. The zero-order valence-electron chi connectivity index (χ0n) is 16.6. The van der Waals surface area contributed by atoms with Gasteiger partial charge in [0.15, 0.2) is 0 Å². The highest BCUT2D eigenvalue weighted by Gasteiger charge is 2.19. The first-order chi connectivity index (χ1) is 14.2. The molecule has 30 heavy (non-hydrogen) atoms. The van der Waals surface area contributed by atoms with Gasteiger partial charge in [-0.25, -0.2) is 8.42 Å². The molecule has 3 aromatic rings. The lowest BCUT2D eigenvalue weighted by molar-refractivity contribution is 0.0845. The number of anilines is 1. The monoisotopic (exact) mass is 427 g/mol. The maximum absolute atomic E-state index is 12.7. The molecule has 0 saturated carbocycles. The van der Waals surface area contributed by atoms with E-state index in [0.717, 1.165) is 5.56 Å². The van der Waals surface area contributed by atoms with E-state index in [9.17, 15) is 18.0 Å². The maximum Gasteiger partial charge on any atom is 0.273 e. The van der Waals surface area contributed by atoms with Crippen molar-refractivity contribution in [2.45, 2.75) is 25.7 Å². The van der Waals surface area contributed by atoms with Crippen molar-refractivity contribution >= 4 is 27.5 Å². The van der Waals surface area contributed by atoms with E-state index in [1.165, 1.54) is 30.5 Å². The minimum Gasteiger partial charge on any atom is -0.469 e. The lowest BCUT2D eigenvalue weighted by atomic mass is 10.1. The van der Waals surface area contributed by atoms with E-state index in [4.69, 9.17) is 4.42 Å². The fraction of sp³-hybridized carbons (Fsp3) is 0.143. The van der Waals surface area contributed by atoms with Crippen LogP contribution in [0.5, 0.6) is 0 Å². The fourth-order valence-electron chi connectivity index (χ4n) is 2.72. The van der Waals surface area contributed by atoms with E-state index in [-0.39, 0.29) is 16.0 Å². The quantitative estimate of drug-likeness (QED) is 0.541. The Hall–Kier alpha value is -3.59. The molecule has 0 aliphatic carbocycles. The summed E-state index contributed by atoms with van der Waals surface area (Å²) in [5, 5.41) is 0. The average molecular weight is 427 g/mol. The highest BCUT2D eigenvalue weighted by atomic mass is 32.2. The number of carbonyl (C=O) groups excluding carboxylic acids is 2. The first kappa shape index (κ1) is 21.1. The summed E-state index contributed by atoms with van der Waals surface area (Å²) in [4.78, 5) is 24.6. The van der Waals surface area contributed by atoms with Crippen LogP contribution in [0, 0.1) is 20.8 Å². The molecule has 9 heteroatoms. The van der Waals surface area contributed by atoms with Crippen LogP contribution < -0.4 is 15.6 Å². The Morgan fingerprint density at radius 2 is 1.47 bits per heavy atom. The molecule has 1 heterocycles. The van der Waals surface area contributed by atoms with Gasteiger partial charge in [0, 0.05) is 11.3 Å². The molecule has 0 atom stereocenters. The number of amides is 2. The van der Waals surface area contributed by atoms with Crippen molar-refractivity contribution < 1.29 is 22.4 Å². The average Bonchev–Trinajstić information content (AvgIpc) is 3.13. The second-order valence-corrected chi connectivity index (χ2v) is 8.43. The Bertz CT molecular complexity index is 1200. The van der Waals surface area contributed by atoms with Crippen molar-refractivity contribution in [2.75, 3.05) is 4.72 Å². The summed E-state index contributed by atoms with van der Waals surface area (Å²) in [6.07, 6.45) is 1.37. The Kier molecular flexibility index (Phi) is 5.93. The Morgan fingerprint density at radius 3 is 2.07 bits per heavy atom. The Morgan fingerprint density at radius 1 is 0.833 bits per heavy atom. The second kappa shape index (κ2) is 8.42. The number of rotatable bonds is 5. The van der Waals surface area contributed by atoms with Gasteiger partial charge in [-0.15, -0.1) is 0 Å². The van der Waals surface area contributed by atoms with Gasteiger partial charge in [0.25, 0.3) is 21.8 Å². The van der Waals surface area contributed by atoms with Crippen molar-refractivity contribution in [3.8, 4) is 0 Å². The normalized spacial score (nSPS) is 11.0. The van der Waals surface area contributed by atoms with Gasteiger partial charge in [-0.1, -0.05) is 23.8 Å². The summed E-state index contributed by atoms with van der Waals surface area (Å²) < 4.78 is 33.0. The van der Waals surface area contributed by atoms with E-state index in [1.807, 2.05) is 6.92 Å². The molecule has 3 rings (SSSR count). The van der Waals surface area contributed by atoms with Crippen LogP contribution in [0.15, 0.2) is 64.1 Å². The fourth-order valence-corrected chi connectivity index (χ4v) is 3.80. The maximum atomic E-state index is 12.7. The topological polar surface area (TPSA) is 118 Å². The molecule has 0 aliphatic heterocycles. The number of hydrogen-bond donors (Lipinski definition) is 3. The van der Waals surface area contributed by atoms with Gasteiger partial charge in [0.2, 0.25) is 0 Å². The van der Waals surface area contributed by atoms with E-state index in [2.05, 4.69) is 15.6 Å². The molecule has 0 radical (unpaired) electrons. The standard InChI is InChI=1S/C21H21N3O5S/c1-13-4-7-16(8-5-13)24-30(27,28)17-9-6-14(2)19(12-17)21(26)23-22-20(25)18-10-11-29-15(18)3/h4-12,24H,1-3H3,(H,22,25)(H,23,26). The van der Waals surface area contributed by atoms with Crippen molar-refractivity contribution in [3.63, 3.8) is 0 Å². The number of hydrogen-bond acceptors (Lipinski definition) is 5. The van der Waals surface area contributed by atoms with E-state index in [0.29, 0.717) is 17.0 Å².